The van der Waals surface area contributed by atoms with E-state index in [2.05, 4.69) is 10.2 Å². The normalized spacial score (nSPS) is 14.5. The highest BCUT2D eigenvalue weighted by Crippen LogP contribution is 2.24. The van der Waals surface area contributed by atoms with E-state index in [-0.39, 0.29) is 21.2 Å². The van der Waals surface area contributed by atoms with Crippen LogP contribution in [-0.4, -0.2) is 71.9 Å². The number of nitriles is 1. The van der Waals surface area contributed by atoms with Crippen molar-refractivity contribution in [2.24, 2.45) is 0 Å². The van der Waals surface area contributed by atoms with Crippen LogP contribution in [0.25, 0.3) is 23.0 Å². The van der Waals surface area contributed by atoms with Gasteiger partial charge in [0.1, 0.15) is 10.7 Å². The molecule has 1 saturated heterocycles. The van der Waals surface area contributed by atoms with Gasteiger partial charge in [0.15, 0.2) is 5.57 Å². The molecule has 5 rings (SSSR count). The Hall–Kier alpha value is -4.18. The highest BCUT2D eigenvalue weighted by atomic mass is 35.5. The van der Waals surface area contributed by atoms with Gasteiger partial charge in [-0.15, -0.1) is 11.3 Å². The smallest absolute Gasteiger partial charge is 0.338 e. The molecule has 0 atom stereocenters. The lowest BCUT2D eigenvalue weighted by Crippen LogP contribution is -2.42. The maximum absolute atomic E-state index is 14.0. The minimum absolute atomic E-state index is 0.175. The maximum Gasteiger partial charge on any atom is 0.338 e. The van der Waals surface area contributed by atoms with Crippen molar-refractivity contribution in [2.45, 2.75) is 20.8 Å². The van der Waals surface area contributed by atoms with E-state index in [4.69, 9.17) is 32.7 Å². The summed E-state index contributed by atoms with van der Waals surface area (Å²) in [5.74, 6) is -0.966. The molecule has 10 nitrogen and oxygen atoms in total. The van der Waals surface area contributed by atoms with E-state index in [1.807, 2.05) is 42.7 Å². The highest BCUT2D eigenvalue weighted by molar-refractivity contribution is 7.07. The summed E-state index contributed by atoms with van der Waals surface area (Å²) in [5, 5.41) is 13.5. The van der Waals surface area contributed by atoms with Crippen LogP contribution in [0.3, 0.4) is 0 Å². The van der Waals surface area contributed by atoms with E-state index in [0.29, 0.717) is 53.7 Å². The van der Waals surface area contributed by atoms with Crippen LogP contribution in [0.4, 0.5) is 0 Å². The second-order valence-electron chi connectivity index (χ2n) is 10.8. The molecule has 47 heavy (non-hydrogen) atoms. The van der Waals surface area contributed by atoms with Gasteiger partial charge in [-0.1, -0.05) is 23.2 Å². The van der Waals surface area contributed by atoms with Crippen LogP contribution in [0.15, 0.2) is 53.3 Å². The Bertz CT molecular complexity index is 2040. The Morgan fingerprint density at radius 1 is 1.04 bits per heavy atom. The molecule has 1 fully saturated rings. The second-order valence-corrected chi connectivity index (χ2v) is 12.6. The lowest BCUT2D eigenvalue weighted by Gasteiger charge is -2.26. The Labute approximate surface area is 285 Å². The lowest BCUT2D eigenvalue weighted by molar-refractivity contribution is -0.115. The van der Waals surface area contributed by atoms with Crippen LogP contribution in [-0.2, 0) is 14.3 Å². The fourth-order valence-electron chi connectivity index (χ4n) is 5.38. The molecular formula is C34H33Cl2N5O5S. The van der Waals surface area contributed by atoms with Crippen molar-refractivity contribution in [3.05, 3.63) is 101 Å². The standard InChI is InChI=1S/C34H33Cl2N5O5S/c1-4-46-34(44)23-5-7-25(8-6-23)40-21(2)17-24(22(40)3)18-30-32(43)41(26-9-10-28(35)29(36)19-26)33(47-30)27(20-37)31(42)38-11-12-39-13-15-45-16-14-39/h5-10,17-19H,4,11-16H2,1-3H3,(H,38,42). The van der Waals surface area contributed by atoms with Crippen LogP contribution in [0.1, 0.15) is 34.2 Å². The second kappa shape index (κ2) is 15.2. The minimum atomic E-state index is -0.577. The van der Waals surface area contributed by atoms with E-state index >= 15 is 0 Å². The summed E-state index contributed by atoms with van der Waals surface area (Å²) in [6, 6.07) is 15.8. The zero-order valence-electron chi connectivity index (χ0n) is 26.1. The first-order chi connectivity index (χ1) is 22.6. The predicted molar refractivity (Wildman–Crippen MR) is 183 cm³/mol. The van der Waals surface area contributed by atoms with Crippen LogP contribution in [0, 0.1) is 25.2 Å². The number of thiazole rings is 1. The summed E-state index contributed by atoms with van der Waals surface area (Å²) in [4.78, 5) is 41.7. The largest absolute Gasteiger partial charge is 0.462 e. The summed E-state index contributed by atoms with van der Waals surface area (Å²) < 4.78 is 14.3. The number of nitrogens with one attached hydrogen (secondary N) is 1. The molecule has 0 bridgehead atoms. The number of carbonyl (C=O) groups excluding carboxylic acids is 2. The Balaban J connectivity index is 1.58. The van der Waals surface area contributed by atoms with Crippen molar-refractivity contribution in [3.8, 4) is 17.4 Å². The average molecular weight is 695 g/mol. The number of aromatic nitrogens is 2. The number of hydrogen-bond donors (Lipinski definition) is 1. The molecule has 1 N–H and O–H groups in total. The van der Waals surface area contributed by atoms with Crippen molar-refractivity contribution in [1.29, 1.82) is 5.26 Å². The quantitative estimate of drug-likeness (QED) is 0.266. The van der Waals surface area contributed by atoms with Gasteiger partial charge in [0, 0.05) is 43.3 Å². The first-order valence-electron chi connectivity index (χ1n) is 15.0. The number of benzene rings is 2. The molecule has 0 radical (unpaired) electrons. The first-order valence-corrected chi connectivity index (χ1v) is 16.6. The van der Waals surface area contributed by atoms with Crippen LogP contribution < -0.4 is 20.1 Å². The summed E-state index contributed by atoms with van der Waals surface area (Å²) in [7, 11) is 0. The molecule has 13 heteroatoms. The van der Waals surface area contributed by atoms with Gasteiger partial charge in [-0.25, -0.2) is 4.79 Å². The summed E-state index contributed by atoms with van der Waals surface area (Å²) in [6.45, 7) is 9.68. The number of amides is 1. The predicted octanol–water partition coefficient (Wildman–Crippen LogP) is 3.74. The third-order valence-corrected chi connectivity index (χ3v) is 9.58. The number of aryl methyl sites for hydroxylation is 1. The number of halogens is 2. The number of morpholine rings is 1. The molecule has 2 aromatic heterocycles. The first kappa shape index (κ1) is 34.2. The number of carbonyl (C=O) groups is 2. The third-order valence-electron chi connectivity index (χ3n) is 7.75. The van der Waals surface area contributed by atoms with Crippen LogP contribution >= 0.6 is 34.5 Å². The van der Waals surface area contributed by atoms with Crippen molar-refractivity contribution in [1.82, 2.24) is 19.4 Å². The molecular weight excluding hydrogens is 661 g/mol. The number of rotatable bonds is 9. The third kappa shape index (κ3) is 7.53. The summed E-state index contributed by atoms with van der Waals surface area (Å²) in [6.07, 6.45) is 1.75. The van der Waals surface area contributed by atoms with E-state index in [1.54, 1.807) is 37.3 Å². The highest BCUT2D eigenvalue weighted by Gasteiger charge is 2.19. The Morgan fingerprint density at radius 3 is 2.40 bits per heavy atom. The Kier molecular flexibility index (Phi) is 11.0. The van der Waals surface area contributed by atoms with Crippen LogP contribution in [0.2, 0.25) is 10.0 Å². The van der Waals surface area contributed by atoms with Crippen LogP contribution in [0.5, 0.6) is 0 Å². The van der Waals surface area contributed by atoms with Gasteiger partial charge in [-0.3, -0.25) is 19.1 Å². The molecule has 0 unspecified atom stereocenters. The topological polar surface area (TPSA) is 119 Å². The summed E-state index contributed by atoms with van der Waals surface area (Å²) >= 11 is 13.5. The fourth-order valence-corrected chi connectivity index (χ4v) is 6.76. The molecule has 0 spiro atoms. The zero-order valence-corrected chi connectivity index (χ0v) is 28.5. The van der Waals surface area contributed by atoms with Gasteiger partial charge in [-0.2, -0.15) is 5.26 Å². The van der Waals surface area contributed by atoms with E-state index in [1.165, 1.54) is 10.6 Å². The van der Waals surface area contributed by atoms with Crippen molar-refractivity contribution in [3.63, 3.8) is 0 Å². The molecule has 4 aromatic rings. The fraction of sp³-hybridized carbons (Fsp3) is 0.294. The van der Waals surface area contributed by atoms with Gasteiger partial charge < -0.3 is 19.4 Å². The Morgan fingerprint density at radius 2 is 1.74 bits per heavy atom. The lowest BCUT2D eigenvalue weighted by atomic mass is 10.2. The molecule has 1 amide bonds. The van der Waals surface area contributed by atoms with Gasteiger partial charge in [0.2, 0.25) is 0 Å². The maximum atomic E-state index is 14.0. The zero-order chi connectivity index (χ0) is 33.7. The monoisotopic (exact) mass is 693 g/mol. The molecule has 3 heterocycles. The molecule has 0 saturated carbocycles. The summed E-state index contributed by atoms with van der Waals surface area (Å²) in [5.41, 5.74) is 3.59. The molecule has 2 aromatic carbocycles. The number of nitrogens with zero attached hydrogens (tertiary/aromatic N) is 4. The minimum Gasteiger partial charge on any atom is -0.462 e. The number of ether oxygens (including phenoxy) is 2. The van der Waals surface area contributed by atoms with E-state index in [0.717, 1.165) is 47.1 Å². The molecule has 1 aliphatic heterocycles. The van der Waals surface area contributed by atoms with Crippen molar-refractivity contribution in [2.75, 3.05) is 46.0 Å². The molecule has 0 aliphatic carbocycles. The van der Waals surface area contributed by atoms with E-state index < -0.39 is 11.5 Å². The molecule has 1 aliphatic rings. The molecule has 244 valence electrons. The van der Waals surface area contributed by atoms with Gasteiger partial charge >= 0.3 is 5.97 Å². The van der Waals surface area contributed by atoms with Gasteiger partial charge in [0.25, 0.3) is 11.5 Å². The number of hydrogen-bond acceptors (Lipinski definition) is 8. The van der Waals surface area contributed by atoms with E-state index in [9.17, 15) is 19.6 Å². The van der Waals surface area contributed by atoms with Gasteiger partial charge in [0.05, 0.1) is 45.6 Å². The van der Waals surface area contributed by atoms with Crippen molar-refractivity contribution >= 4 is 58.1 Å². The number of esters is 1. The SMILES string of the molecule is CCOC(=O)c1ccc(-n2c(C)cc(C=c3sc(=C(C#N)C(=O)NCCN4CCOCC4)n(-c4ccc(Cl)c(Cl)c4)c3=O)c2C)cc1. The average Bonchev–Trinajstić information content (AvgIpc) is 3.53. The van der Waals surface area contributed by atoms with Crippen molar-refractivity contribution < 1.29 is 19.1 Å². The van der Waals surface area contributed by atoms with Gasteiger partial charge in [-0.05, 0) is 80.9 Å².